The Morgan fingerprint density at radius 1 is 1.03 bits per heavy atom. The van der Waals surface area contributed by atoms with Crippen molar-refractivity contribution in [1.29, 1.82) is 0 Å². The molecule has 0 saturated carbocycles. The summed E-state index contributed by atoms with van der Waals surface area (Å²) >= 11 is 1.63. The molecule has 3 aromatic rings. The molecule has 0 bridgehead atoms. The number of hydrogen-bond acceptors (Lipinski definition) is 6. The highest BCUT2D eigenvalue weighted by molar-refractivity contribution is 7.89. The summed E-state index contributed by atoms with van der Waals surface area (Å²) in [5.41, 5.74) is 2.66. The maximum atomic E-state index is 13.0. The number of nitrogens with zero attached hydrogens (tertiary/aromatic N) is 3. The molecule has 1 aromatic heterocycles. The van der Waals surface area contributed by atoms with E-state index in [0.717, 1.165) is 22.8 Å². The molecule has 1 N–H and O–H groups in total. The highest BCUT2D eigenvalue weighted by Crippen LogP contribution is 2.24. The van der Waals surface area contributed by atoms with Gasteiger partial charge in [-0.1, -0.05) is 30.3 Å². The molecule has 4 rings (SSSR count). The molecule has 0 aliphatic carbocycles. The second-order valence-corrected chi connectivity index (χ2v) is 10.3. The SMILES string of the molecule is CC(=O)Nc1ccc(S(=O)(=O)N2CCN(Cc3nc(-c4ccccc4)cs3)CC2)cc1. The van der Waals surface area contributed by atoms with Gasteiger partial charge in [0.1, 0.15) is 5.01 Å². The fraction of sp³-hybridized carbons (Fsp3) is 0.273. The Morgan fingerprint density at radius 2 is 1.71 bits per heavy atom. The molecule has 7 nitrogen and oxygen atoms in total. The van der Waals surface area contributed by atoms with Gasteiger partial charge in [-0.05, 0) is 24.3 Å². The molecule has 1 saturated heterocycles. The summed E-state index contributed by atoms with van der Waals surface area (Å²) in [6.45, 7) is 4.32. The third-order valence-electron chi connectivity index (χ3n) is 5.12. The number of sulfonamides is 1. The van der Waals surface area contributed by atoms with E-state index in [1.807, 2.05) is 30.3 Å². The van der Waals surface area contributed by atoms with Crippen LogP contribution in [-0.2, 0) is 21.4 Å². The van der Waals surface area contributed by atoms with Crippen molar-refractivity contribution in [2.45, 2.75) is 18.4 Å². The van der Waals surface area contributed by atoms with E-state index in [1.165, 1.54) is 23.4 Å². The fourth-order valence-electron chi connectivity index (χ4n) is 3.51. The van der Waals surface area contributed by atoms with E-state index in [9.17, 15) is 13.2 Å². The molecule has 162 valence electrons. The second-order valence-electron chi connectivity index (χ2n) is 7.38. The summed E-state index contributed by atoms with van der Waals surface area (Å²) in [7, 11) is -3.55. The van der Waals surface area contributed by atoms with Crippen molar-refractivity contribution in [3.63, 3.8) is 0 Å². The van der Waals surface area contributed by atoms with Gasteiger partial charge in [0.15, 0.2) is 0 Å². The van der Waals surface area contributed by atoms with Crippen LogP contribution < -0.4 is 5.32 Å². The van der Waals surface area contributed by atoms with Crippen molar-refractivity contribution in [2.24, 2.45) is 0 Å². The summed E-state index contributed by atoms with van der Waals surface area (Å²) in [6, 6.07) is 16.4. The van der Waals surface area contributed by atoms with Gasteiger partial charge in [0, 0.05) is 49.7 Å². The van der Waals surface area contributed by atoms with Crippen LogP contribution in [0.25, 0.3) is 11.3 Å². The second kappa shape index (κ2) is 9.27. The van der Waals surface area contributed by atoms with E-state index in [1.54, 1.807) is 23.5 Å². The summed E-state index contributed by atoms with van der Waals surface area (Å²) < 4.78 is 27.4. The van der Waals surface area contributed by atoms with Crippen molar-refractivity contribution in [1.82, 2.24) is 14.2 Å². The highest BCUT2D eigenvalue weighted by atomic mass is 32.2. The standard InChI is InChI=1S/C22H24N4O3S2/c1-17(27)23-19-7-9-20(10-8-19)31(28,29)26-13-11-25(12-14-26)15-22-24-21(16-30-22)18-5-3-2-4-6-18/h2-10,16H,11-15H2,1H3,(H,23,27). The molecule has 1 amide bonds. The topological polar surface area (TPSA) is 82.6 Å². The van der Waals surface area contributed by atoms with Crippen molar-refractivity contribution < 1.29 is 13.2 Å². The third-order valence-corrected chi connectivity index (χ3v) is 7.87. The van der Waals surface area contributed by atoms with Crippen LogP contribution in [0, 0.1) is 0 Å². The zero-order valence-electron chi connectivity index (χ0n) is 17.2. The molecule has 0 spiro atoms. The average Bonchev–Trinajstić information content (AvgIpc) is 3.23. The molecular weight excluding hydrogens is 432 g/mol. The minimum absolute atomic E-state index is 0.192. The summed E-state index contributed by atoms with van der Waals surface area (Å²) in [5.74, 6) is -0.192. The van der Waals surface area contributed by atoms with Crippen LogP contribution in [0.2, 0.25) is 0 Å². The molecule has 1 fully saturated rings. The lowest BCUT2D eigenvalue weighted by Crippen LogP contribution is -2.48. The zero-order chi connectivity index (χ0) is 21.8. The van der Waals surface area contributed by atoms with Crippen molar-refractivity contribution in [2.75, 3.05) is 31.5 Å². The van der Waals surface area contributed by atoms with E-state index < -0.39 is 10.0 Å². The molecule has 1 aliphatic rings. The van der Waals surface area contributed by atoms with Gasteiger partial charge in [0.25, 0.3) is 0 Å². The van der Waals surface area contributed by atoms with Crippen LogP contribution in [0.1, 0.15) is 11.9 Å². The fourth-order valence-corrected chi connectivity index (χ4v) is 5.77. The van der Waals surface area contributed by atoms with Crippen molar-refractivity contribution >= 4 is 33.0 Å². The zero-order valence-corrected chi connectivity index (χ0v) is 18.8. The summed E-state index contributed by atoms with van der Waals surface area (Å²) in [6.07, 6.45) is 0. The Balaban J connectivity index is 1.35. The number of thiazole rings is 1. The first-order valence-corrected chi connectivity index (χ1v) is 12.3. The molecule has 0 radical (unpaired) electrons. The van der Waals surface area contributed by atoms with Gasteiger partial charge in [0.05, 0.1) is 17.1 Å². The van der Waals surface area contributed by atoms with Gasteiger partial charge in [0.2, 0.25) is 15.9 Å². The predicted octanol–water partition coefficient (Wildman–Crippen LogP) is 3.28. The van der Waals surface area contributed by atoms with E-state index in [4.69, 9.17) is 4.98 Å². The van der Waals surface area contributed by atoms with Crippen LogP contribution in [-0.4, -0.2) is 54.7 Å². The van der Waals surface area contributed by atoms with Crippen LogP contribution >= 0.6 is 11.3 Å². The van der Waals surface area contributed by atoms with Crippen LogP contribution in [0.5, 0.6) is 0 Å². The molecule has 31 heavy (non-hydrogen) atoms. The summed E-state index contributed by atoms with van der Waals surface area (Å²) in [5, 5.41) is 5.74. The van der Waals surface area contributed by atoms with Gasteiger partial charge >= 0.3 is 0 Å². The van der Waals surface area contributed by atoms with E-state index >= 15 is 0 Å². The first-order valence-electron chi connectivity index (χ1n) is 10.0. The van der Waals surface area contributed by atoms with Crippen molar-refractivity contribution in [3.8, 4) is 11.3 Å². The van der Waals surface area contributed by atoms with Crippen LogP contribution in [0.15, 0.2) is 64.9 Å². The monoisotopic (exact) mass is 456 g/mol. The van der Waals surface area contributed by atoms with Gasteiger partial charge in [-0.15, -0.1) is 11.3 Å². The Hall–Kier alpha value is -2.59. The predicted molar refractivity (Wildman–Crippen MR) is 122 cm³/mol. The summed E-state index contributed by atoms with van der Waals surface area (Å²) in [4.78, 5) is 18.3. The lowest BCUT2D eigenvalue weighted by molar-refractivity contribution is -0.114. The third kappa shape index (κ3) is 5.19. The minimum Gasteiger partial charge on any atom is -0.326 e. The Bertz CT molecular complexity index is 1140. The molecule has 1 aliphatic heterocycles. The number of piperazine rings is 1. The van der Waals surface area contributed by atoms with E-state index in [0.29, 0.717) is 31.9 Å². The molecular formula is C22H24N4O3S2. The Kier molecular flexibility index (Phi) is 6.47. The van der Waals surface area contributed by atoms with Crippen molar-refractivity contribution in [3.05, 3.63) is 65.0 Å². The van der Waals surface area contributed by atoms with Gasteiger partial charge in [-0.2, -0.15) is 4.31 Å². The number of nitrogens with one attached hydrogen (secondary N) is 1. The molecule has 9 heteroatoms. The van der Waals surface area contributed by atoms with E-state index in [-0.39, 0.29) is 10.8 Å². The lowest BCUT2D eigenvalue weighted by Gasteiger charge is -2.33. The normalized spacial score (nSPS) is 15.6. The number of benzene rings is 2. The van der Waals surface area contributed by atoms with Crippen LogP contribution in [0.4, 0.5) is 5.69 Å². The molecule has 2 aromatic carbocycles. The van der Waals surface area contributed by atoms with Gasteiger partial charge in [-0.3, -0.25) is 9.69 Å². The first kappa shape index (κ1) is 21.6. The smallest absolute Gasteiger partial charge is 0.243 e. The average molecular weight is 457 g/mol. The maximum Gasteiger partial charge on any atom is 0.243 e. The lowest BCUT2D eigenvalue weighted by atomic mass is 10.2. The van der Waals surface area contributed by atoms with E-state index in [2.05, 4.69) is 15.6 Å². The molecule has 2 heterocycles. The highest BCUT2D eigenvalue weighted by Gasteiger charge is 2.28. The quantitative estimate of drug-likeness (QED) is 0.616. The van der Waals surface area contributed by atoms with Crippen LogP contribution in [0.3, 0.4) is 0 Å². The van der Waals surface area contributed by atoms with Gasteiger partial charge in [-0.25, -0.2) is 13.4 Å². The first-order chi connectivity index (χ1) is 14.9. The number of hydrogen-bond donors (Lipinski definition) is 1. The number of amides is 1. The molecule has 0 unspecified atom stereocenters. The Morgan fingerprint density at radius 3 is 2.35 bits per heavy atom. The minimum atomic E-state index is -3.55. The van der Waals surface area contributed by atoms with Gasteiger partial charge < -0.3 is 5.32 Å². The Labute approximate surface area is 186 Å². The molecule has 0 atom stereocenters. The number of carbonyl (C=O) groups excluding carboxylic acids is 1. The number of rotatable bonds is 6. The number of aromatic nitrogens is 1. The largest absolute Gasteiger partial charge is 0.326 e. The maximum absolute atomic E-state index is 13.0. The number of anilines is 1. The number of carbonyl (C=O) groups is 1.